The van der Waals surface area contributed by atoms with Gasteiger partial charge in [0.25, 0.3) is 11.8 Å². The van der Waals surface area contributed by atoms with E-state index in [0.717, 1.165) is 27.4 Å². The highest BCUT2D eigenvalue weighted by Crippen LogP contribution is 2.41. The summed E-state index contributed by atoms with van der Waals surface area (Å²) in [6, 6.07) is 23.6. The minimum atomic E-state index is -0.328. The van der Waals surface area contributed by atoms with Gasteiger partial charge in [0.05, 0.1) is 12.9 Å². The largest absolute Gasteiger partial charge is 0.496 e. The molecule has 1 fully saturated rings. The molecule has 1 saturated heterocycles. The molecule has 6 nitrogen and oxygen atoms in total. The molecule has 1 N–H and O–H groups in total. The number of rotatable bonds is 5. The van der Waals surface area contributed by atoms with Crippen LogP contribution in [0.25, 0.3) is 21.8 Å². The molecule has 156 valence electrons. The van der Waals surface area contributed by atoms with Crippen molar-refractivity contribution in [3.63, 3.8) is 0 Å². The van der Waals surface area contributed by atoms with Gasteiger partial charge in [-0.2, -0.15) is 0 Å². The number of nitrogens with one attached hydrogen (secondary N) is 1. The number of amides is 2. The number of nitrogens with zero attached hydrogens (tertiary/aromatic N) is 2. The molecule has 5 rings (SSSR count). The van der Waals surface area contributed by atoms with Crippen LogP contribution in [0, 0.1) is 0 Å². The zero-order valence-corrected chi connectivity index (χ0v) is 17.8. The van der Waals surface area contributed by atoms with Crippen molar-refractivity contribution in [3.8, 4) is 5.75 Å². The van der Waals surface area contributed by atoms with Crippen LogP contribution in [-0.4, -0.2) is 34.3 Å². The molecule has 0 saturated carbocycles. The van der Waals surface area contributed by atoms with E-state index in [1.165, 1.54) is 16.8 Å². The Balaban J connectivity index is 1.44. The van der Waals surface area contributed by atoms with Crippen LogP contribution < -0.4 is 10.2 Å². The summed E-state index contributed by atoms with van der Waals surface area (Å²) in [6.07, 6.45) is 0. The summed E-state index contributed by atoms with van der Waals surface area (Å²) in [5, 5.41) is 3.31. The number of para-hydroxylation sites is 3. The van der Waals surface area contributed by atoms with Gasteiger partial charge in [0.1, 0.15) is 17.7 Å². The molecule has 7 heteroatoms. The normalized spacial score (nSPS) is 16.2. The predicted octanol–water partition coefficient (Wildman–Crippen LogP) is 4.11. The molecule has 1 atom stereocenters. The summed E-state index contributed by atoms with van der Waals surface area (Å²) >= 11 is 1.47. The SMILES string of the molecule is COc1ccccc1C1SCC(=O)N1NC(=O)Cn1c2ccccc2c2ccccc21. The number of aromatic nitrogens is 1. The smallest absolute Gasteiger partial charge is 0.258 e. The van der Waals surface area contributed by atoms with Crippen LogP contribution in [0.4, 0.5) is 0 Å². The number of methoxy groups -OCH3 is 1. The molecule has 3 aromatic carbocycles. The maximum absolute atomic E-state index is 13.1. The molecule has 0 aliphatic carbocycles. The highest BCUT2D eigenvalue weighted by atomic mass is 32.2. The summed E-state index contributed by atoms with van der Waals surface area (Å²) in [4.78, 5) is 25.6. The van der Waals surface area contributed by atoms with E-state index in [4.69, 9.17) is 4.74 Å². The van der Waals surface area contributed by atoms with Crippen LogP contribution in [0.2, 0.25) is 0 Å². The van der Waals surface area contributed by atoms with Crippen molar-refractivity contribution in [3.05, 3.63) is 78.4 Å². The second-order valence-electron chi connectivity index (χ2n) is 7.32. The van der Waals surface area contributed by atoms with Gasteiger partial charge in [-0.15, -0.1) is 11.8 Å². The van der Waals surface area contributed by atoms with Crippen molar-refractivity contribution in [1.82, 2.24) is 15.0 Å². The molecule has 2 heterocycles. The van der Waals surface area contributed by atoms with Gasteiger partial charge in [-0.1, -0.05) is 54.6 Å². The molecule has 0 spiro atoms. The molecule has 1 aliphatic heterocycles. The Labute approximate surface area is 183 Å². The van der Waals surface area contributed by atoms with Gasteiger partial charge in [0.15, 0.2) is 0 Å². The van der Waals surface area contributed by atoms with Crippen LogP contribution in [0.5, 0.6) is 5.75 Å². The maximum atomic E-state index is 13.1. The minimum Gasteiger partial charge on any atom is -0.496 e. The topological polar surface area (TPSA) is 63.6 Å². The van der Waals surface area contributed by atoms with Crippen molar-refractivity contribution >= 4 is 45.4 Å². The highest BCUT2D eigenvalue weighted by molar-refractivity contribution is 8.00. The standard InChI is InChI=1S/C24H21N3O3S/c1-30-21-13-7-4-10-18(21)24-27(23(29)15-31-24)25-22(28)14-26-19-11-5-2-8-16(19)17-9-3-6-12-20(17)26/h2-13,24H,14-15H2,1H3,(H,25,28). The number of carbonyl (C=O) groups excluding carboxylic acids is 2. The van der Waals surface area contributed by atoms with E-state index in [0.29, 0.717) is 11.5 Å². The molecule has 1 aromatic heterocycles. The number of benzene rings is 3. The third-order valence-corrected chi connectivity index (χ3v) is 6.69. The summed E-state index contributed by atoms with van der Waals surface area (Å²) in [7, 11) is 1.60. The first kappa shape index (κ1) is 19.5. The number of fused-ring (bicyclic) bond motifs is 3. The van der Waals surface area contributed by atoms with Crippen LogP contribution in [0.15, 0.2) is 72.8 Å². The van der Waals surface area contributed by atoms with Crippen LogP contribution >= 0.6 is 11.8 Å². The molecule has 0 bridgehead atoms. The maximum Gasteiger partial charge on any atom is 0.258 e. The monoisotopic (exact) mass is 431 g/mol. The lowest BCUT2D eigenvalue weighted by atomic mass is 10.2. The quantitative estimate of drug-likeness (QED) is 0.517. The fraction of sp³-hybridized carbons (Fsp3) is 0.167. The summed E-state index contributed by atoms with van der Waals surface area (Å²) < 4.78 is 7.45. The lowest BCUT2D eigenvalue weighted by Gasteiger charge is -2.26. The number of ether oxygens (including phenoxy) is 1. The predicted molar refractivity (Wildman–Crippen MR) is 123 cm³/mol. The molecule has 4 aromatic rings. The summed E-state index contributed by atoms with van der Waals surface area (Å²) in [5.41, 5.74) is 5.68. The first-order valence-electron chi connectivity index (χ1n) is 9.99. The van der Waals surface area contributed by atoms with E-state index < -0.39 is 0 Å². The fourth-order valence-corrected chi connectivity index (χ4v) is 5.27. The summed E-state index contributed by atoms with van der Waals surface area (Å²) in [6.45, 7) is 0.112. The van der Waals surface area contributed by atoms with Gasteiger partial charge in [0.2, 0.25) is 0 Å². The molecule has 1 unspecified atom stereocenters. The molecular weight excluding hydrogens is 410 g/mol. The van der Waals surface area contributed by atoms with Crippen molar-refractivity contribution < 1.29 is 14.3 Å². The fourth-order valence-electron chi connectivity index (χ4n) is 4.13. The second kappa shape index (κ2) is 8.00. The molecule has 1 aliphatic rings. The number of carbonyl (C=O) groups is 2. The van der Waals surface area contributed by atoms with Crippen molar-refractivity contribution in [2.24, 2.45) is 0 Å². The van der Waals surface area contributed by atoms with Crippen LogP contribution in [0.3, 0.4) is 0 Å². The van der Waals surface area contributed by atoms with Crippen LogP contribution in [-0.2, 0) is 16.1 Å². The van der Waals surface area contributed by atoms with Crippen molar-refractivity contribution in [1.29, 1.82) is 0 Å². The molecule has 2 amide bonds. The van der Waals surface area contributed by atoms with Crippen molar-refractivity contribution in [2.45, 2.75) is 11.9 Å². The zero-order chi connectivity index (χ0) is 21.4. The third-order valence-electron chi connectivity index (χ3n) is 5.50. The first-order valence-corrected chi connectivity index (χ1v) is 11.0. The highest BCUT2D eigenvalue weighted by Gasteiger charge is 2.36. The van der Waals surface area contributed by atoms with E-state index in [1.54, 1.807) is 7.11 Å². The Morgan fingerprint density at radius 1 is 1.00 bits per heavy atom. The van der Waals surface area contributed by atoms with Gasteiger partial charge in [0, 0.05) is 27.4 Å². The molecular formula is C24H21N3O3S. The average Bonchev–Trinajstić information content (AvgIpc) is 3.32. The Bertz CT molecular complexity index is 1250. The van der Waals surface area contributed by atoms with Gasteiger partial charge in [-0.05, 0) is 18.2 Å². The second-order valence-corrected chi connectivity index (χ2v) is 8.39. The third kappa shape index (κ3) is 3.41. The summed E-state index contributed by atoms with van der Waals surface area (Å²) in [5.74, 6) is 0.619. The van der Waals surface area contributed by atoms with E-state index >= 15 is 0 Å². The van der Waals surface area contributed by atoms with Gasteiger partial charge < -0.3 is 9.30 Å². The number of thioether (sulfide) groups is 1. The number of hydrogen-bond acceptors (Lipinski definition) is 4. The van der Waals surface area contributed by atoms with E-state index in [-0.39, 0.29) is 23.7 Å². The Morgan fingerprint density at radius 2 is 1.61 bits per heavy atom. The Hall–Kier alpha value is -3.45. The first-order chi connectivity index (χ1) is 15.2. The molecule has 31 heavy (non-hydrogen) atoms. The lowest BCUT2D eigenvalue weighted by Crippen LogP contribution is -2.45. The molecule has 0 radical (unpaired) electrons. The van der Waals surface area contributed by atoms with E-state index in [2.05, 4.69) is 17.6 Å². The van der Waals surface area contributed by atoms with E-state index in [9.17, 15) is 9.59 Å². The zero-order valence-electron chi connectivity index (χ0n) is 16.9. The van der Waals surface area contributed by atoms with E-state index in [1.807, 2.05) is 65.2 Å². The van der Waals surface area contributed by atoms with Gasteiger partial charge in [-0.25, -0.2) is 5.01 Å². The Kier molecular flexibility index (Phi) is 5.03. The lowest BCUT2D eigenvalue weighted by molar-refractivity contribution is -0.139. The van der Waals surface area contributed by atoms with Gasteiger partial charge >= 0.3 is 0 Å². The van der Waals surface area contributed by atoms with Crippen molar-refractivity contribution in [2.75, 3.05) is 12.9 Å². The number of hydrogen-bond donors (Lipinski definition) is 1. The Morgan fingerprint density at radius 3 is 2.29 bits per heavy atom. The average molecular weight is 432 g/mol. The minimum absolute atomic E-state index is 0.112. The van der Waals surface area contributed by atoms with Crippen LogP contribution in [0.1, 0.15) is 10.9 Å². The number of hydrazine groups is 1. The van der Waals surface area contributed by atoms with Gasteiger partial charge in [-0.3, -0.25) is 15.0 Å².